The van der Waals surface area contributed by atoms with E-state index in [1.165, 1.54) is 0 Å². The predicted molar refractivity (Wildman–Crippen MR) is 73.1 cm³/mol. The van der Waals surface area contributed by atoms with Crippen LogP contribution in [-0.2, 0) is 6.42 Å². The standard InChI is InChI=1S/C14H22N2O2/c1-3-11(4-2)10-18-13-7-5-12(6-8-13)9-14(15)16-17/h5-8,11,17H,3-4,9-10H2,1-2H3,(H2,15,16). The van der Waals surface area contributed by atoms with E-state index in [-0.39, 0.29) is 5.84 Å². The van der Waals surface area contributed by atoms with Crippen molar-refractivity contribution in [3.63, 3.8) is 0 Å². The van der Waals surface area contributed by atoms with E-state index in [9.17, 15) is 0 Å². The van der Waals surface area contributed by atoms with Crippen LogP contribution in [0.15, 0.2) is 29.4 Å². The number of nitrogens with zero attached hydrogens (tertiary/aromatic N) is 1. The summed E-state index contributed by atoms with van der Waals surface area (Å²) in [5, 5.41) is 11.4. The summed E-state index contributed by atoms with van der Waals surface area (Å²) >= 11 is 0. The summed E-state index contributed by atoms with van der Waals surface area (Å²) in [7, 11) is 0. The van der Waals surface area contributed by atoms with Crippen LogP contribution in [0.5, 0.6) is 5.75 Å². The Balaban J connectivity index is 2.50. The van der Waals surface area contributed by atoms with E-state index in [1.807, 2.05) is 24.3 Å². The Morgan fingerprint density at radius 1 is 1.28 bits per heavy atom. The largest absolute Gasteiger partial charge is 0.493 e. The first-order valence-corrected chi connectivity index (χ1v) is 6.37. The van der Waals surface area contributed by atoms with Gasteiger partial charge in [0.25, 0.3) is 0 Å². The second kappa shape index (κ2) is 7.58. The molecule has 0 atom stereocenters. The van der Waals surface area contributed by atoms with Crippen molar-refractivity contribution in [3.05, 3.63) is 29.8 Å². The normalized spacial score (nSPS) is 11.8. The molecule has 1 rings (SSSR count). The molecule has 0 aliphatic heterocycles. The minimum absolute atomic E-state index is 0.209. The minimum Gasteiger partial charge on any atom is -0.493 e. The summed E-state index contributed by atoms with van der Waals surface area (Å²) in [6.07, 6.45) is 2.72. The van der Waals surface area contributed by atoms with Crippen molar-refractivity contribution in [2.24, 2.45) is 16.8 Å². The molecule has 1 aromatic carbocycles. The van der Waals surface area contributed by atoms with Gasteiger partial charge in [0.05, 0.1) is 6.61 Å². The average molecular weight is 250 g/mol. The van der Waals surface area contributed by atoms with E-state index >= 15 is 0 Å². The molecule has 0 bridgehead atoms. The highest BCUT2D eigenvalue weighted by Gasteiger charge is 2.04. The van der Waals surface area contributed by atoms with E-state index in [0.29, 0.717) is 12.3 Å². The number of amidine groups is 1. The van der Waals surface area contributed by atoms with Crippen molar-refractivity contribution in [3.8, 4) is 5.75 Å². The molecule has 0 aromatic heterocycles. The summed E-state index contributed by atoms with van der Waals surface area (Å²) in [6.45, 7) is 5.11. The Hall–Kier alpha value is -1.71. The molecule has 0 spiro atoms. The molecule has 1 aromatic rings. The van der Waals surface area contributed by atoms with Crippen molar-refractivity contribution in [2.75, 3.05) is 6.61 Å². The van der Waals surface area contributed by atoms with E-state index in [2.05, 4.69) is 19.0 Å². The summed E-state index contributed by atoms with van der Waals surface area (Å²) < 4.78 is 5.73. The molecule has 3 N–H and O–H groups in total. The van der Waals surface area contributed by atoms with Crippen LogP contribution in [0.1, 0.15) is 32.3 Å². The van der Waals surface area contributed by atoms with Crippen LogP contribution in [0.4, 0.5) is 0 Å². The van der Waals surface area contributed by atoms with Crippen LogP contribution in [-0.4, -0.2) is 17.6 Å². The van der Waals surface area contributed by atoms with Crippen LogP contribution < -0.4 is 10.5 Å². The molecule has 0 unspecified atom stereocenters. The van der Waals surface area contributed by atoms with Gasteiger partial charge in [-0.15, -0.1) is 0 Å². The fourth-order valence-electron chi connectivity index (χ4n) is 1.69. The van der Waals surface area contributed by atoms with Gasteiger partial charge in [-0.3, -0.25) is 0 Å². The molecule has 0 radical (unpaired) electrons. The highest BCUT2D eigenvalue weighted by atomic mass is 16.5. The monoisotopic (exact) mass is 250 g/mol. The smallest absolute Gasteiger partial charge is 0.143 e. The number of nitrogens with two attached hydrogens (primary N) is 1. The van der Waals surface area contributed by atoms with Crippen molar-refractivity contribution < 1.29 is 9.94 Å². The fourth-order valence-corrected chi connectivity index (χ4v) is 1.69. The van der Waals surface area contributed by atoms with Gasteiger partial charge in [0, 0.05) is 6.42 Å². The molecule has 0 amide bonds. The highest BCUT2D eigenvalue weighted by Crippen LogP contribution is 2.15. The second-order valence-corrected chi connectivity index (χ2v) is 4.41. The van der Waals surface area contributed by atoms with Gasteiger partial charge in [-0.2, -0.15) is 0 Å². The molecule has 100 valence electrons. The Morgan fingerprint density at radius 2 is 1.89 bits per heavy atom. The van der Waals surface area contributed by atoms with Crippen LogP contribution in [0, 0.1) is 5.92 Å². The Morgan fingerprint density at radius 3 is 2.39 bits per heavy atom. The Kier molecular flexibility index (Phi) is 6.05. The Bertz CT molecular complexity index is 370. The van der Waals surface area contributed by atoms with Crippen molar-refractivity contribution in [1.29, 1.82) is 0 Å². The molecule has 0 fully saturated rings. The van der Waals surface area contributed by atoms with Crippen molar-refractivity contribution in [2.45, 2.75) is 33.1 Å². The summed E-state index contributed by atoms with van der Waals surface area (Å²) in [4.78, 5) is 0. The van der Waals surface area contributed by atoms with Crippen LogP contribution in [0.3, 0.4) is 0 Å². The third-order valence-corrected chi connectivity index (χ3v) is 3.08. The SMILES string of the molecule is CCC(CC)COc1ccc(C/C(N)=N/O)cc1. The zero-order chi connectivity index (χ0) is 13.4. The third kappa shape index (κ3) is 4.65. The lowest BCUT2D eigenvalue weighted by Crippen LogP contribution is -2.14. The van der Waals surface area contributed by atoms with Gasteiger partial charge in [-0.05, 0) is 23.6 Å². The fraction of sp³-hybridized carbons (Fsp3) is 0.500. The maximum Gasteiger partial charge on any atom is 0.143 e. The molecule has 0 saturated heterocycles. The second-order valence-electron chi connectivity index (χ2n) is 4.41. The average Bonchev–Trinajstić information content (AvgIpc) is 2.41. The summed E-state index contributed by atoms with van der Waals surface area (Å²) in [6, 6.07) is 7.70. The maximum absolute atomic E-state index is 8.49. The van der Waals surface area contributed by atoms with Crippen LogP contribution >= 0.6 is 0 Å². The van der Waals surface area contributed by atoms with E-state index in [0.717, 1.165) is 30.8 Å². The zero-order valence-electron chi connectivity index (χ0n) is 11.1. The highest BCUT2D eigenvalue weighted by molar-refractivity contribution is 5.82. The first kappa shape index (κ1) is 14.4. The van der Waals surface area contributed by atoms with Gasteiger partial charge in [0.15, 0.2) is 0 Å². The maximum atomic E-state index is 8.49. The molecule has 0 saturated carbocycles. The van der Waals surface area contributed by atoms with Gasteiger partial charge in [-0.25, -0.2) is 0 Å². The number of hydrogen-bond donors (Lipinski definition) is 2. The molecule has 0 aliphatic carbocycles. The van der Waals surface area contributed by atoms with Gasteiger partial charge in [-0.1, -0.05) is 44.0 Å². The third-order valence-electron chi connectivity index (χ3n) is 3.08. The van der Waals surface area contributed by atoms with Crippen LogP contribution in [0.2, 0.25) is 0 Å². The summed E-state index contributed by atoms with van der Waals surface area (Å²) in [5.74, 6) is 1.69. The minimum atomic E-state index is 0.209. The lowest BCUT2D eigenvalue weighted by molar-refractivity contribution is 0.240. The molecule has 0 aliphatic rings. The summed E-state index contributed by atoms with van der Waals surface area (Å²) in [5.41, 5.74) is 6.45. The molecular formula is C14H22N2O2. The van der Waals surface area contributed by atoms with Crippen LogP contribution in [0.25, 0.3) is 0 Å². The van der Waals surface area contributed by atoms with E-state index in [4.69, 9.17) is 15.7 Å². The molecular weight excluding hydrogens is 228 g/mol. The first-order valence-electron chi connectivity index (χ1n) is 6.37. The number of hydrogen-bond acceptors (Lipinski definition) is 3. The molecule has 4 heteroatoms. The predicted octanol–water partition coefficient (Wildman–Crippen LogP) is 2.79. The number of rotatable bonds is 7. The van der Waals surface area contributed by atoms with Gasteiger partial charge < -0.3 is 15.7 Å². The van der Waals surface area contributed by atoms with E-state index < -0.39 is 0 Å². The van der Waals surface area contributed by atoms with Crippen molar-refractivity contribution in [1.82, 2.24) is 0 Å². The quantitative estimate of drug-likeness (QED) is 0.338. The van der Waals surface area contributed by atoms with Crippen molar-refractivity contribution >= 4 is 5.84 Å². The first-order chi connectivity index (χ1) is 8.69. The van der Waals surface area contributed by atoms with Gasteiger partial charge in [0.2, 0.25) is 0 Å². The van der Waals surface area contributed by atoms with E-state index in [1.54, 1.807) is 0 Å². The molecule has 0 heterocycles. The Labute approximate surface area is 108 Å². The molecule has 4 nitrogen and oxygen atoms in total. The topological polar surface area (TPSA) is 67.8 Å². The lowest BCUT2D eigenvalue weighted by atomic mass is 10.1. The van der Waals surface area contributed by atoms with Gasteiger partial charge in [0.1, 0.15) is 11.6 Å². The number of benzene rings is 1. The zero-order valence-corrected chi connectivity index (χ0v) is 11.1. The number of oxime groups is 1. The lowest BCUT2D eigenvalue weighted by Gasteiger charge is -2.13. The molecule has 18 heavy (non-hydrogen) atoms. The number of ether oxygens (including phenoxy) is 1. The van der Waals surface area contributed by atoms with Gasteiger partial charge >= 0.3 is 0 Å².